The lowest BCUT2D eigenvalue weighted by Gasteiger charge is -2.37. The van der Waals surface area contributed by atoms with Gasteiger partial charge in [-0.05, 0) is 61.9 Å². The molecule has 31 heavy (non-hydrogen) atoms. The van der Waals surface area contributed by atoms with Crippen LogP contribution in [0.1, 0.15) is 30.0 Å². The van der Waals surface area contributed by atoms with E-state index in [-0.39, 0.29) is 11.9 Å². The number of carbonyl (C=O) groups is 1. The van der Waals surface area contributed by atoms with E-state index in [1.807, 2.05) is 24.3 Å². The van der Waals surface area contributed by atoms with Crippen LogP contribution in [0.25, 0.3) is 10.8 Å². The second kappa shape index (κ2) is 10.1. The Morgan fingerprint density at radius 2 is 1.68 bits per heavy atom. The molecule has 1 N–H and O–H groups in total. The van der Waals surface area contributed by atoms with Crippen molar-refractivity contribution in [2.24, 2.45) is 0 Å². The molecule has 3 aromatic rings. The molecule has 1 aliphatic rings. The maximum atomic E-state index is 13.1. The molecule has 4 heteroatoms. The molecule has 1 atom stereocenters. The fourth-order valence-electron chi connectivity index (χ4n) is 4.66. The zero-order valence-corrected chi connectivity index (χ0v) is 18.6. The summed E-state index contributed by atoms with van der Waals surface area (Å²) >= 11 is 0. The average molecular weight is 416 g/mol. The van der Waals surface area contributed by atoms with Crippen molar-refractivity contribution in [3.63, 3.8) is 0 Å². The largest absolute Gasteiger partial charge is 0.348 e. The van der Waals surface area contributed by atoms with Crippen molar-refractivity contribution >= 4 is 16.7 Å². The molecule has 0 radical (unpaired) electrons. The van der Waals surface area contributed by atoms with E-state index in [1.165, 1.54) is 18.2 Å². The topological polar surface area (TPSA) is 35.6 Å². The predicted octanol–water partition coefficient (Wildman–Crippen LogP) is 4.27. The summed E-state index contributed by atoms with van der Waals surface area (Å²) in [6.07, 6.45) is 2.75. The lowest BCUT2D eigenvalue weighted by Crippen LogP contribution is -2.45. The minimum Gasteiger partial charge on any atom is -0.348 e. The van der Waals surface area contributed by atoms with E-state index < -0.39 is 0 Å². The summed E-state index contributed by atoms with van der Waals surface area (Å²) in [6, 6.07) is 25.4. The molecule has 4 rings (SSSR count). The number of piperidine rings is 1. The zero-order chi connectivity index (χ0) is 21.6. The number of benzene rings is 3. The molecule has 0 saturated carbocycles. The van der Waals surface area contributed by atoms with Crippen LogP contribution in [0.5, 0.6) is 0 Å². The summed E-state index contributed by atoms with van der Waals surface area (Å²) in [5.41, 5.74) is 2.24. The Morgan fingerprint density at radius 1 is 1.00 bits per heavy atom. The van der Waals surface area contributed by atoms with Gasteiger partial charge in [0.05, 0.1) is 12.5 Å². The monoisotopic (exact) mass is 415 g/mol. The fraction of sp³-hybridized carbons (Fsp3) is 0.370. The molecular weight excluding hydrogens is 382 g/mol. The molecule has 3 aromatic carbocycles. The SMILES string of the molecule is CN1CCC(N(C)CC(NC(=O)Cc2cccc3ccccc23)c2ccccc2)CC1. The highest BCUT2D eigenvalue weighted by atomic mass is 16.1. The number of fused-ring (bicyclic) bond motifs is 1. The van der Waals surface area contributed by atoms with Crippen molar-refractivity contribution in [3.05, 3.63) is 83.9 Å². The second-order valence-electron chi connectivity index (χ2n) is 8.82. The highest BCUT2D eigenvalue weighted by Gasteiger charge is 2.24. The first-order chi connectivity index (χ1) is 15.1. The Hall–Kier alpha value is -2.69. The number of hydrogen-bond acceptors (Lipinski definition) is 3. The number of nitrogens with one attached hydrogen (secondary N) is 1. The molecule has 4 nitrogen and oxygen atoms in total. The van der Waals surface area contributed by atoms with Crippen molar-refractivity contribution < 1.29 is 4.79 Å². The van der Waals surface area contributed by atoms with E-state index in [0.717, 1.165) is 36.1 Å². The number of nitrogens with zero attached hydrogens (tertiary/aromatic N) is 2. The van der Waals surface area contributed by atoms with Crippen molar-refractivity contribution in [1.29, 1.82) is 0 Å². The Kier molecular flexibility index (Phi) is 7.00. The summed E-state index contributed by atoms with van der Waals surface area (Å²) < 4.78 is 0. The highest BCUT2D eigenvalue weighted by molar-refractivity contribution is 5.90. The first kappa shape index (κ1) is 21.5. The third kappa shape index (κ3) is 5.52. The van der Waals surface area contributed by atoms with E-state index >= 15 is 0 Å². The third-order valence-corrected chi connectivity index (χ3v) is 6.55. The van der Waals surface area contributed by atoms with E-state index in [0.29, 0.717) is 12.5 Å². The molecule has 1 heterocycles. The van der Waals surface area contributed by atoms with Crippen molar-refractivity contribution in [2.45, 2.75) is 31.3 Å². The summed E-state index contributed by atoms with van der Waals surface area (Å²) in [5, 5.41) is 5.66. The van der Waals surface area contributed by atoms with Gasteiger partial charge in [0, 0.05) is 12.6 Å². The summed E-state index contributed by atoms with van der Waals surface area (Å²) in [7, 11) is 4.39. The van der Waals surface area contributed by atoms with Crippen molar-refractivity contribution in [3.8, 4) is 0 Å². The van der Waals surface area contributed by atoms with Crippen LogP contribution < -0.4 is 5.32 Å². The first-order valence-corrected chi connectivity index (χ1v) is 11.3. The Balaban J connectivity index is 1.47. The van der Waals surface area contributed by atoms with Gasteiger partial charge in [0.1, 0.15) is 0 Å². The zero-order valence-electron chi connectivity index (χ0n) is 18.6. The van der Waals surface area contributed by atoms with Gasteiger partial charge in [0.2, 0.25) is 5.91 Å². The van der Waals surface area contributed by atoms with Crippen LogP contribution in [0.2, 0.25) is 0 Å². The molecule has 0 aromatic heterocycles. The van der Waals surface area contributed by atoms with Gasteiger partial charge < -0.3 is 15.1 Å². The number of likely N-dealkylation sites (N-methyl/N-ethyl adjacent to an activating group) is 1. The first-order valence-electron chi connectivity index (χ1n) is 11.3. The molecule has 0 aliphatic carbocycles. The number of likely N-dealkylation sites (tertiary alicyclic amines) is 1. The predicted molar refractivity (Wildman–Crippen MR) is 128 cm³/mol. The molecule has 1 aliphatic heterocycles. The van der Waals surface area contributed by atoms with Gasteiger partial charge in [-0.25, -0.2) is 0 Å². The summed E-state index contributed by atoms with van der Waals surface area (Å²) in [4.78, 5) is 17.9. The standard InChI is InChI=1S/C27H33N3O/c1-29-17-15-24(16-18-29)30(2)20-26(22-10-4-3-5-11-22)28-27(31)19-23-13-8-12-21-9-6-7-14-25(21)23/h3-14,24,26H,15-20H2,1-2H3,(H,28,31). The minimum absolute atomic E-state index is 0.0201. The number of rotatable bonds is 7. The van der Waals surface area contributed by atoms with Gasteiger partial charge >= 0.3 is 0 Å². The van der Waals surface area contributed by atoms with E-state index in [1.54, 1.807) is 0 Å². The van der Waals surface area contributed by atoms with Crippen LogP contribution in [0.3, 0.4) is 0 Å². The molecule has 162 valence electrons. The maximum Gasteiger partial charge on any atom is 0.224 e. The second-order valence-corrected chi connectivity index (χ2v) is 8.82. The Labute approximate surface area is 185 Å². The third-order valence-electron chi connectivity index (χ3n) is 6.55. The van der Waals surface area contributed by atoms with Gasteiger partial charge in [0.15, 0.2) is 0 Å². The van der Waals surface area contributed by atoms with Gasteiger partial charge in [-0.2, -0.15) is 0 Å². The van der Waals surface area contributed by atoms with Crippen molar-refractivity contribution in [2.75, 3.05) is 33.7 Å². The molecule has 0 bridgehead atoms. The number of amides is 1. The lowest BCUT2D eigenvalue weighted by atomic mass is 10.00. The Morgan fingerprint density at radius 3 is 2.45 bits per heavy atom. The Bertz CT molecular complexity index is 990. The summed E-state index contributed by atoms with van der Waals surface area (Å²) in [5.74, 6) is 0.0713. The molecule has 1 saturated heterocycles. The minimum atomic E-state index is -0.0201. The summed E-state index contributed by atoms with van der Waals surface area (Å²) in [6.45, 7) is 3.09. The normalized spacial score (nSPS) is 16.5. The van der Waals surface area contributed by atoms with Crippen LogP contribution in [0.15, 0.2) is 72.8 Å². The van der Waals surface area contributed by atoms with E-state index in [9.17, 15) is 4.79 Å². The van der Waals surface area contributed by atoms with Crippen LogP contribution in [-0.2, 0) is 11.2 Å². The quantitative estimate of drug-likeness (QED) is 0.626. The number of carbonyl (C=O) groups excluding carboxylic acids is 1. The average Bonchev–Trinajstić information content (AvgIpc) is 2.80. The molecular formula is C27H33N3O. The fourth-order valence-corrected chi connectivity index (χ4v) is 4.66. The van der Waals surface area contributed by atoms with Crippen LogP contribution in [-0.4, -0.2) is 55.5 Å². The smallest absolute Gasteiger partial charge is 0.224 e. The lowest BCUT2D eigenvalue weighted by molar-refractivity contribution is -0.121. The molecule has 1 fully saturated rings. The molecule has 0 spiro atoms. The van der Waals surface area contributed by atoms with Crippen molar-refractivity contribution in [1.82, 2.24) is 15.1 Å². The van der Waals surface area contributed by atoms with Gasteiger partial charge in [-0.15, -0.1) is 0 Å². The van der Waals surface area contributed by atoms with Crippen LogP contribution >= 0.6 is 0 Å². The van der Waals surface area contributed by atoms with Gasteiger partial charge in [-0.3, -0.25) is 4.79 Å². The van der Waals surface area contributed by atoms with E-state index in [4.69, 9.17) is 0 Å². The maximum absolute atomic E-state index is 13.1. The van der Waals surface area contributed by atoms with Crippen LogP contribution in [0.4, 0.5) is 0 Å². The van der Waals surface area contributed by atoms with Crippen LogP contribution in [0, 0.1) is 0 Å². The molecule has 1 unspecified atom stereocenters. The number of hydrogen-bond donors (Lipinski definition) is 1. The highest BCUT2D eigenvalue weighted by Crippen LogP contribution is 2.21. The van der Waals surface area contributed by atoms with E-state index in [2.05, 4.69) is 77.7 Å². The van der Waals surface area contributed by atoms with Gasteiger partial charge in [-0.1, -0.05) is 72.8 Å². The molecule has 1 amide bonds. The van der Waals surface area contributed by atoms with Gasteiger partial charge in [0.25, 0.3) is 0 Å².